The van der Waals surface area contributed by atoms with E-state index in [-0.39, 0.29) is 5.91 Å². The Kier molecular flexibility index (Phi) is 4.65. The van der Waals surface area contributed by atoms with Gasteiger partial charge in [0.2, 0.25) is 0 Å². The third-order valence-electron chi connectivity index (χ3n) is 4.32. The van der Waals surface area contributed by atoms with Crippen molar-refractivity contribution < 1.29 is 9.53 Å². The number of nitrogens with one attached hydrogen (secondary N) is 1. The first-order chi connectivity index (χ1) is 11.1. The lowest BCUT2D eigenvalue weighted by molar-refractivity contribution is -0.122. The van der Waals surface area contributed by atoms with Crippen molar-refractivity contribution in [3.63, 3.8) is 0 Å². The Hall–Kier alpha value is -2.29. The number of hydrogen-bond acceptors (Lipinski definition) is 2. The first-order valence-corrected chi connectivity index (χ1v) is 8.28. The highest BCUT2D eigenvalue weighted by Crippen LogP contribution is 2.26. The van der Waals surface area contributed by atoms with Crippen molar-refractivity contribution in [2.24, 2.45) is 0 Å². The van der Waals surface area contributed by atoms with Crippen LogP contribution < -0.4 is 10.1 Å². The van der Waals surface area contributed by atoms with Gasteiger partial charge in [-0.25, -0.2) is 0 Å². The lowest BCUT2D eigenvalue weighted by Gasteiger charge is -2.19. The maximum Gasteiger partial charge on any atom is 0.265 e. The molecule has 0 unspecified atom stereocenters. The fraction of sp³-hybridized carbons (Fsp3) is 0.350. The van der Waals surface area contributed by atoms with Gasteiger partial charge in [-0.15, -0.1) is 0 Å². The zero-order valence-corrected chi connectivity index (χ0v) is 13.8. The van der Waals surface area contributed by atoms with E-state index >= 15 is 0 Å². The van der Waals surface area contributed by atoms with Gasteiger partial charge in [0.15, 0.2) is 6.10 Å². The fourth-order valence-corrected chi connectivity index (χ4v) is 2.92. The quantitative estimate of drug-likeness (QED) is 0.915. The molecule has 0 aromatic heterocycles. The molecular formula is C20H23NO2. The van der Waals surface area contributed by atoms with Crippen molar-refractivity contribution in [3.8, 4) is 5.75 Å². The van der Waals surface area contributed by atoms with Crippen LogP contribution in [0.2, 0.25) is 0 Å². The van der Waals surface area contributed by atoms with Crippen LogP contribution in [0.5, 0.6) is 5.75 Å². The topological polar surface area (TPSA) is 38.3 Å². The minimum atomic E-state index is -0.530. The molecule has 3 nitrogen and oxygen atoms in total. The minimum Gasteiger partial charge on any atom is -0.481 e. The third-order valence-corrected chi connectivity index (χ3v) is 4.32. The van der Waals surface area contributed by atoms with E-state index in [9.17, 15) is 4.79 Å². The summed E-state index contributed by atoms with van der Waals surface area (Å²) in [5, 5.41) is 2.89. The first kappa shape index (κ1) is 15.6. The maximum absolute atomic E-state index is 12.3. The van der Waals surface area contributed by atoms with Gasteiger partial charge in [0.25, 0.3) is 5.91 Å². The van der Waals surface area contributed by atoms with E-state index in [2.05, 4.69) is 17.4 Å². The third kappa shape index (κ3) is 3.92. The number of benzene rings is 2. The summed E-state index contributed by atoms with van der Waals surface area (Å²) in [6, 6.07) is 13.9. The predicted molar refractivity (Wildman–Crippen MR) is 93.0 cm³/mol. The molecule has 0 fully saturated rings. The number of hydrogen-bond donors (Lipinski definition) is 1. The smallest absolute Gasteiger partial charge is 0.265 e. The van der Waals surface area contributed by atoms with Crippen LogP contribution in [-0.4, -0.2) is 12.0 Å². The molecule has 1 aliphatic carbocycles. The maximum atomic E-state index is 12.3. The molecule has 0 radical (unpaired) electrons. The van der Waals surface area contributed by atoms with Gasteiger partial charge in [-0.1, -0.05) is 23.8 Å². The Balaban J connectivity index is 1.62. The van der Waals surface area contributed by atoms with E-state index in [1.165, 1.54) is 29.5 Å². The molecule has 1 atom stereocenters. The predicted octanol–water partition coefficient (Wildman–Crippen LogP) is 4.28. The molecule has 0 aliphatic heterocycles. The van der Waals surface area contributed by atoms with Gasteiger partial charge >= 0.3 is 0 Å². The van der Waals surface area contributed by atoms with E-state index < -0.39 is 6.10 Å². The normalized spacial score (nSPS) is 14.7. The molecule has 1 aliphatic rings. The van der Waals surface area contributed by atoms with Crippen molar-refractivity contribution in [3.05, 3.63) is 59.2 Å². The van der Waals surface area contributed by atoms with Crippen molar-refractivity contribution in [2.45, 2.75) is 45.6 Å². The van der Waals surface area contributed by atoms with Crippen molar-refractivity contribution in [1.82, 2.24) is 0 Å². The van der Waals surface area contributed by atoms with Crippen LogP contribution in [0.15, 0.2) is 42.5 Å². The van der Waals surface area contributed by atoms with Gasteiger partial charge in [-0.3, -0.25) is 4.79 Å². The lowest BCUT2D eigenvalue weighted by atomic mass is 9.92. The zero-order chi connectivity index (χ0) is 16.2. The van der Waals surface area contributed by atoms with Gasteiger partial charge in [0.05, 0.1) is 0 Å². The summed E-state index contributed by atoms with van der Waals surface area (Å²) in [5.74, 6) is 0.642. The molecule has 1 N–H and O–H groups in total. The SMILES string of the molecule is Cc1ccc(NC(=O)[C@H](C)Oc2ccc3c(c2)CCCC3)cc1. The molecule has 3 heteroatoms. The number of carbonyl (C=O) groups is 1. The fourth-order valence-electron chi connectivity index (χ4n) is 2.92. The summed E-state index contributed by atoms with van der Waals surface area (Å²) in [7, 11) is 0. The number of ether oxygens (including phenoxy) is 1. The molecule has 2 aromatic rings. The van der Waals surface area contributed by atoms with Gasteiger partial charge < -0.3 is 10.1 Å². The highest BCUT2D eigenvalue weighted by atomic mass is 16.5. The number of rotatable bonds is 4. The zero-order valence-electron chi connectivity index (χ0n) is 13.8. The standard InChI is InChI=1S/C20H23NO2/c1-14-7-10-18(11-8-14)21-20(22)15(2)23-19-12-9-16-5-3-4-6-17(16)13-19/h7-13,15H,3-6H2,1-2H3,(H,21,22)/t15-/m0/s1. The van der Waals surface area contributed by atoms with E-state index in [1.807, 2.05) is 37.3 Å². The number of amides is 1. The van der Waals surface area contributed by atoms with E-state index in [0.717, 1.165) is 24.3 Å². The number of fused-ring (bicyclic) bond motifs is 1. The van der Waals surface area contributed by atoms with Crippen LogP contribution in [0.4, 0.5) is 5.69 Å². The molecule has 120 valence electrons. The van der Waals surface area contributed by atoms with Crippen LogP contribution >= 0.6 is 0 Å². The van der Waals surface area contributed by atoms with Crippen LogP contribution in [0.3, 0.4) is 0 Å². The summed E-state index contributed by atoms with van der Waals surface area (Å²) in [6.07, 6.45) is 4.23. The molecule has 0 saturated heterocycles. The van der Waals surface area contributed by atoms with E-state index in [1.54, 1.807) is 6.92 Å². The molecule has 0 bridgehead atoms. The molecule has 0 heterocycles. The van der Waals surface area contributed by atoms with E-state index in [4.69, 9.17) is 4.74 Å². The second kappa shape index (κ2) is 6.86. The Morgan fingerprint density at radius 2 is 1.74 bits per heavy atom. The van der Waals surface area contributed by atoms with Gasteiger partial charge in [0, 0.05) is 5.69 Å². The van der Waals surface area contributed by atoms with Crippen LogP contribution in [0.25, 0.3) is 0 Å². The van der Waals surface area contributed by atoms with Crippen molar-refractivity contribution in [1.29, 1.82) is 0 Å². The van der Waals surface area contributed by atoms with Crippen molar-refractivity contribution >= 4 is 11.6 Å². The van der Waals surface area contributed by atoms with Gasteiger partial charge in [-0.05, 0) is 74.9 Å². The van der Waals surface area contributed by atoms with Gasteiger partial charge in [-0.2, -0.15) is 0 Å². The van der Waals surface area contributed by atoms with Gasteiger partial charge in [0.1, 0.15) is 5.75 Å². The molecule has 23 heavy (non-hydrogen) atoms. The molecule has 3 rings (SSSR count). The Morgan fingerprint density at radius 3 is 2.48 bits per heavy atom. The summed E-state index contributed by atoms with van der Waals surface area (Å²) in [6.45, 7) is 3.80. The average Bonchev–Trinajstić information content (AvgIpc) is 2.56. The van der Waals surface area contributed by atoms with E-state index in [0.29, 0.717) is 0 Å². The highest BCUT2D eigenvalue weighted by Gasteiger charge is 2.16. The molecule has 1 amide bonds. The summed E-state index contributed by atoms with van der Waals surface area (Å²) in [5.41, 5.74) is 4.74. The Bertz CT molecular complexity index is 691. The number of aryl methyl sites for hydroxylation is 3. The summed E-state index contributed by atoms with van der Waals surface area (Å²) in [4.78, 5) is 12.3. The van der Waals surface area contributed by atoms with Crippen molar-refractivity contribution in [2.75, 3.05) is 5.32 Å². The monoisotopic (exact) mass is 309 g/mol. The summed E-state index contributed by atoms with van der Waals surface area (Å²) < 4.78 is 5.83. The Labute approximate surface area is 137 Å². The largest absolute Gasteiger partial charge is 0.481 e. The minimum absolute atomic E-state index is 0.133. The van der Waals surface area contributed by atoms with Crippen LogP contribution in [0.1, 0.15) is 36.5 Å². The first-order valence-electron chi connectivity index (χ1n) is 8.28. The number of anilines is 1. The second-order valence-corrected chi connectivity index (χ2v) is 6.25. The molecule has 0 spiro atoms. The molecular weight excluding hydrogens is 286 g/mol. The van der Waals surface area contributed by atoms with Crippen LogP contribution in [-0.2, 0) is 17.6 Å². The average molecular weight is 309 g/mol. The molecule has 0 saturated carbocycles. The lowest BCUT2D eigenvalue weighted by Crippen LogP contribution is -2.30. The number of carbonyl (C=O) groups excluding carboxylic acids is 1. The Morgan fingerprint density at radius 1 is 1.04 bits per heavy atom. The highest BCUT2D eigenvalue weighted by molar-refractivity contribution is 5.94. The second-order valence-electron chi connectivity index (χ2n) is 6.25. The molecule has 2 aromatic carbocycles. The van der Waals surface area contributed by atoms with Crippen LogP contribution in [0, 0.1) is 6.92 Å². The summed E-state index contributed by atoms with van der Waals surface area (Å²) >= 11 is 0.